The molecule has 3 N–H and O–H groups in total. The molecule has 6 heteroatoms. The molecule has 0 saturated carbocycles. The number of unbranched alkanes of at least 4 members (excludes halogenated alkanes) is 1. The number of amides is 2. The average molecular weight is 241 g/mol. The number of hydrogen-bond acceptors (Lipinski definition) is 4. The fourth-order valence-corrected chi connectivity index (χ4v) is 1.87. The van der Waals surface area contributed by atoms with E-state index >= 15 is 0 Å². The lowest BCUT2D eigenvalue weighted by Gasteiger charge is -1.99. The molecule has 0 spiro atoms. The maximum absolute atomic E-state index is 11.4. The van der Waals surface area contributed by atoms with Gasteiger partial charge in [0.05, 0.1) is 12.1 Å². The van der Waals surface area contributed by atoms with Crippen LogP contribution in [0.1, 0.15) is 31.9 Å². The van der Waals surface area contributed by atoms with Crippen LogP contribution in [0.2, 0.25) is 0 Å². The first-order valence-electron chi connectivity index (χ1n) is 5.14. The first-order chi connectivity index (χ1) is 7.61. The van der Waals surface area contributed by atoms with E-state index in [-0.39, 0.29) is 12.3 Å². The molecule has 0 saturated heterocycles. The number of rotatable bonds is 6. The summed E-state index contributed by atoms with van der Waals surface area (Å²) in [5.41, 5.74) is 5.64. The lowest BCUT2D eigenvalue weighted by atomic mass is 10.2. The predicted molar refractivity (Wildman–Crippen MR) is 63.2 cm³/mol. The minimum Gasteiger partial charge on any atom is -0.369 e. The van der Waals surface area contributed by atoms with Gasteiger partial charge in [-0.05, 0) is 6.42 Å². The van der Waals surface area contributed by atoms with E-state index in [0.29, 0.717) is 17.2 Å². The maximum atomic E-state index is 11.4. The molecule has 0 unspecified atom stereocenters. The molecule has 1 aromatic heterocycles. The summed E-state index contributed by atoms with van der Waals surface area (Å²) < 4.78 is 0. The Balaban J connectivity index is 2.45. The molecule has 0 atom stereocenters. The number of carbonyl (C=O) groups is 2. The lowest BCUT2D eigenvalue weighted by molar-refractivity contribution is -0.117. The van der Waals surface area contributed by atoms with Gasteiger partial charge < -0.3 is 11.1 Å². The molecule has 0 aliphatic carbocycles. The fraction of sp³-hybridized carbons (Fsp3) is 0.500. The molecule has 0 fully saturated rings. The van der Waals surface area contributed by atoms with Crippen LogP contribution in [0.25, 0.3) is 0 Å². The van der Waals surface area contributed by atoms with Crippen molar-refractivity contribution in [1.82, 2.24) is 4.98 Å². The van der Waals surface area contributed by atoms with Crippen molar-refractivity contribution in [3.05, 3.63) is 11.1 Å². The molecule has 1 heterocycles. The third-order valence-electron chi connectivity index (χ3n) is 1.91. The predicted octanol–water partition coefficient (Wildman–Crippen LogP) is 1.30. The van der Waals surface area contributed by atoms with Crippen molar-refractivity contribution in [2.75, 3.05) is 5.32 Å². The highest BCUT2D eigenvalue weighted by Crippen LogP contribution is 2.16. The Morgan fingerprint density at radius 3 is 2.94 bits per heavy atom. The molecule has 0 aliphatic heterocycles. The number of primary amides is 1. The van der Waals surface area contributed by atoms with E-state index in [1.807, 2.05) is 6.92 Å². The maximum Gasteiger partial charge on any atom is 0.226 e. The zero-order valence-electron chi connectivity index (χ0n) is 9.16. The molecule has 1 aromatic rings. The molecule has 0 aromatic carbocycles. The largest absolute Gasteiger partial charge is 0.369 e. The van der Waals surface area contributed by atoms with Crippen molar-refractivity contribution >= 4 is 28.3 Å². The smallest absolute Gasteiger partial charge is 0.226 e. The first kappa shape index (κ1) is 12.6. The average Bonchev–Trinajstić information content (AvgIpc) is 2.61. The molecule has 5 nitrogen and oxygen atoms in total. The lowest BCUT2D eigenvalue weighted by Crippen LogP contribution is -2.14. The highest BCUT2D eigenvalue weighted by atomic mass is 32.1. The summed E-state index contributed by atoms with van der Waals surface area (Å²) >= 11 is 1.30. The van der Waals surface area contributed by atoms with Crippen LogP contribution in [0.4, 0.5) is 5.13 Å². The van der Waals surface area contributed by atoms with Gasteiger partial charge in [-0.25, -0.2) is 4.98 Å². The van der Waals surface area contributed by atoms with Gasteiger partial charge in [-0.3, -0.25) is 9.59 Å². The Bertz CT molecular complexity index is 376. The Labute approximate surface area is 98.1 Å². The van der Waals surface area contributed by atoms with E-state index in [0.717, 1.165) is 12.8 Å². The SMILES string of the molecule is CCCCC(=O)Nc1nc(CC(N)=O)cs1. The summed E-state index contributed by atoms with van der Waals surface area (Å²) in [6.45, 7) is 2.03. The van der Waals surface area contributed by atoms with Crippen LogP contribution < -0.4 is 11.1 Å². The molecule has 1 rings (SSSR count). The minimum absolute atomic E-state index is 0.0400. The normalized spacial score (nSPS) is 10.1. The molecule has 2 amide bonds. The number of anilines is 1. The van der Waals surface area contributed by atoms with Gasteiger partial charge in [-0.2, -0.15) is 0 Å². The Kier molecular flexibility index (Phi) is 4.91. The topological polar surface area (TPSA) is 85.1 Å². The van der Waals surface area contributed by atoms with E-state index < -0.39 is 5.91 Å². The molecule has 0 bridgehead atoms. The summed E-state index contributed by atoms with van der Waals surface area (Å²) in [6.07, 6.45) is 2.46. The number of carbonyl (C=O) groups excluding carboxylic acids is 2. The molecule has 16 heavy (non-hydrogen) atoms. The third-order valence-corrected chi connectivity index (χ3v) is 2.72. The van der Waals surface area contributed by atoms with Crippen LogP contribution in [0, 0.1) is 0 Å². The molecule has 0 radical (unpaired) electrons. The van der Waals surface area contributed by atoms with Crippen LogP contribution in [0.15, 0.2) is 5.38 Å². The van der Waals surface area contributed by atoms with Gasteiger partial charge in [0.1, 0.15) is 0 Å². The Morgan fingerprint density at radius 1 is 1.56 bits per heavy atom. The number of nitrogens with two attached hydrogens (primary N) is 1. The number of nitrogens with one attached hydrogen (secondary N) is 1. The summed E-state index contributed by atoms with van der Waals surface area (Å²) in [7, 11) is 0. The van der Waals surface area contributed by atoms with Crippen molar-refractivity contribution in [3.63, 3.8) is 0 Å². The third kappa shape index (κ3) is 4.39. The van der Waals surface area contributed by atoms with Crippen LogP contribution in [-0.4, -0.2) is 16.8 Å². The highest BCUT2D eigenvalue weighted by molar-refractivity contribution is 7.13. The summed E-state index contributed by atoms with van der Waals surface area (Å²) in [6, 6.07) is 0. The van der Waals surface area contributed by atoms with Crippen LogP contribution >= 0.6 is 11.3 Å². The monoisotopic (exact) mass is 241 g/mol. The van der Waals surface area contributed by atoms with Crippen molar-refractivity contribution in [2.45, 2.75) is 32.6 Å². The zero-order valence-corrected chi connectivity index (χ0v) is 9.97. The summed E-state index contributed by atoms with van der Waals surface area (Å²) in [5, 5.41) is 4.93. The van der Waals surface area contributed by atoms with Gasteiger partial charge in [0, 0.05) is 11.8 Å². The highest BCUT2D eigenvalue weighted by Gasteiger charge is 2.07. The Morgan fingerprint density at radius 2 is 2.31 bits per heavy atom. The van der Waals surface area contributed by atoms with E-state index in [9.17, 15) is 9.59 Å². The molecule has 88 valence electrons. The summed E-state index contributed by atoms with van der Waals surface area (Å²) in [5.74, 6) is -0.462. The quantitative estimate of drug-likeness (QED) is 0.787. The molecular formula is C10H15N3O2S. The molecule has 0 aliphatic rings. The van der Waals surface area contributed by atoms with Crippen molar-refractivity contribution in [1.29, 1.82) is 0 Å². The first-order valence-corrected chi connectivity index (χ1v) is 6.02. The zero-order chi connectivity index (χ0) is 12.0. The van der Waals surface area contributed by atoms with Crippen LogP contribution in [-0.2, 0) is 16.0 Å². The number of hydrogen-bond donors (Lipinski definition) is 2. The van der Waals surface area contributed by atoms with Gasteiger partial charge in [0.2, 0.25) is 11.8 Å². The number of thiazole rings is 1. The van der Waals surface area contributed by atoms with E-state index in [1.54, 1.807) is 5.38 Å². The van der Waals surface area contributed by atoms with Gasteiger partial charge in [-0.1, -0.05) is 13.3 Å². The summed E-state index contributed by atoms with van der Waals surface area (Å²) in [4.78, 5) is 26.1. The van der Waals surface area contributed by atoms with E-state index in [1.165, 1.54) is 11.3 Å². The number of aromatic nitrogens is 1. The fourth-order valence-electron chi connectivity index (χ4n) is 1.14. The van der Waals surface area contributed by atoms with Gasteiger partial charge >= 0.3 is 0 Å². The second kappa shape index (κ2) is 6.22. The minimum atomic E-state index is -0.422. The van der Waals surface area contributed by atoms with Gasteiger partial charge in [0.15, 0.2) is 5.13 Å². The second-order valence-electron chi connectivity index (χ2n) is 3.44. The van der Waals surface area contributed by atoms with Crippen molar-refractivity contribution < 1.29 is 9.59 Å². The van der Waals surface area contributed by atoms with E-state index in [2.05, 4.69) is 10.3 Å². The number of nitrogens with zero attached hydrogens (tertiary/aromatic N) is 1. The van der Waals surface area contributed by atoms with Crippen LogP contribution in [0.3, 0.4) is 0 Å². The van der Waals surface area contributed by atoms with Crippen LogP contribution in [0.5, 0.6) is 0 Å². The molecular weight excluding hydrogens is 226 g/mol. The van der Waals surface area contributed by atoms with Gasteiger partial charge in [-0.15, -0.1) is 11.3 Å². The Hall–Kier alpha value is -1.43. The second-order valence-corrected chi connectivity index (χ2v) is 4.30. The van der Waals surface area contributed by atoms with Crippen molar-refractivity contribution in [3.8, 4) is 0 Å². The van der Waals surface area contributed by atoms with E-state index in [4.69, 9.17) is 5.73 Å². The van der Waals surface area contributed by atoms with Gasteiger partial charge in [0.25, 0.3) is 0 Å². The van der Waals surface area contributed by atoms with Crippen molar-refractivity contribution in [2.24, 2.45) is 5.73 Å². The standard InChI is InChI=1S/C10H15N3O2S/c1-2-3-4-9(15)13-10-12-7(6-16-10)5-8(11)14/h6H,2-5H2,1H3,(H2,11,14)(H,12,13,15).